The normalized spacial score (nSPS) is 13.3. The first-order valence-electron chi connectivity index (χ1n) is 11.9. The minimum Gasteiger partial charge on any atom is -0.480 e. The molecule has 0 aliphatic carbocycles. The van der Waals surface area contributed by atoms with Crippen molar-refractivity contribution in [3.8, 4) is 0 Å². The summed E-state index contributed by atoms with van der Waals surface area (Å²) in [5, 5.41) is 11.8. The molecule has 1 amide bonds. The van der Waals surface area contributed by atoms with Crippen molar-refractivity contribution in [2.75, 3.05) is 12.0 Å². The molecule has 0 spiro atoms. The fourth-order valence-corrected chi connectivity index (χ4v) is 3.32. The number of carbonyl (C=O) groups excluding carboxylic acids is 1. The SMILES string of the molecule is CC/C=C\C/C=C\C/C=C\C/C=C\C/C=C\CCCCCC(=O)N[C@@H](CCSC)C(=O)O. The zero-order valence-corrected chi connectivity index (χ0v) is 20.8. The quantitative estimate of drug-likeness (QED) is 0.151. The second kappa shape index (κ2) is 23.6. The van der Waals surface area contributed by atoms with E-state index in [4.69, 9.17) is 5.11 Å². The highest BCUT2D eigenvalue weighted by molar-refractivity contribution is 7.98. The Morgan fingerprint density at radius 2 is 1.34 bits per heavy atom. The molecule has 0 fully saturated rings. The Bertz CT molecular complexity index is 620. The molecule has 0 bridgehead atoms. The molecule has 2 N–H and O–H groups in total. The van der Waals surface area contributed by atoms with Crippen LogP contribution in [-0.4, -0.2) is 35.0 Å². The topological polar surface area (TPSA) is 66.4 Å². The smallest absolute Gasteiger partial charge is 0.326 e. The standard InChI is InChI=1S/C27H43NO3S/c1-3-4-5-6-7-8-9-10-11-12-13-14-15-16-17-18-19-20-21-22-26(29)28-25(27(30)31)23-24-32-2/h4-5,7-8,10-11,13-14,16-17,25H,3,6,9,12,15,18-24H2,1-2H3,(H,28,29)(H,30,31)/b5-4-,8-7-,11-10-,14-13-,17-16-/t25-/m0/s1. The van der Waals surface area contributed by atoms with Crippen LogP contribution in [0.4, 0.5) is 0 Å². The minimum absolute atomic E-state index is 0.159. The second-order valence-corrected chi connectivity index (χ2v) is 8.53. The summed E-state index contributed by atoms with van der Waals surface area (Å²) in [6.45, 7) is 2.15. The molecule has 4 nitrogen and oxygen atoms in total. The van der Waals surface area contributed by atoms with Crippen LogP contribution in [0.3, 0.4) is 0 Å². The number of hydrogen-bond acceptors (Lipinski definition) is 3. The zero-order chi connectivity index (χ0) is 23.7. The number of carboxylic acid groups (broad SMARTS) is 1. The van der Waals surface area contributed by atoms with Crippen LogP contribution in [0, 0.1) is 0 Å². The predicted molar refractivity (Wildman–Crippen MR) is 140 cm³/mol. The van der Waals surface area contributed by atoms with Crippen molar-refractivity contribution in [3.05, 3.63) is 60.8 Å². The van der Waals surface area contributed by atoms with Gasteiger partial charge in [0.15, 0.2) is 0 Å². The Balaban J connectivity index is 3.65. The molecule has 0 saturated heterocycles. The maximum absolute atomic E-state index is 11.9. The van der Waals surface area contributed by atoms with E-state index >= 15 is 0 Å². The van der Waals surface area contributed by atoms with Crippen LogP contribution in [0.25, 0.3) is 0 Å². The Morgan fingerprint density at radius 1 is 0.812 bits per heavy atom. The Morgan fingerprint density at radius 3 is 1.84 bits per heavy atom. The number of thioether (sulfide) groups is 1. The Hall–Kier alpha value is -2.01. The highest BCUT2D eigenvalue weighted by Gasteiger charge is 2.18. The lowest BCUT2D eigenvalue weighted by molar-refractivity contribution is -0.141. The number of carbonyl (C=O) groups is 2. The number of aliphatic carboxylic acids is 1. The number of carboxylic acids is 1. The fourth-order valence-electron chi connectivity index (χ4n) is 2.85. The molecule has 1 atom stereocenters. The van der Waals surface area contributed by atoms with E-state index in [1.54, 1.807) is 11.8 Å². The van der Waals surface area contributed by atoms with Gasteiger partial charge in [-0.3, -0.25) is 4.79 Å². The number of hydrogen-bond donors (Lipinski definition) is 2. The van der Waals surface area contributed by atoms with Gasteiger partial charge in [0, 0.05) is 6.42 Å². The lowest BCUT2D eigenvalue weighted by atomic mass is 10.1. The van der Waals surface area contributed by atoms with E-state index in [0.29, 0.717) is 12.8 Å². The summed E-state index contributed by atoms with van der Waals surface area (Å²) in [4.78, 5) is 23.0. The van der Waals surface area contributed by atoms with Crippen LogP contribution >= 0.6 is 11.8 Å². The highest BCUT2D eigenvalue weighted by Crippen LogP contribution is 2.06. The van der Waals surface area contributed by atoms with Gasteiger partial charge in [0.2, 0.25) is 5.91 Å². The van der Waals surface area contributed by atoms with E-state index in [1.165, 1.54) is 0 Å². The maximum atomic E-state index is 11.9. The van der Waals surface area contributed by atoms with Gasteiger partial charge in [-0.05, 0) is 69.8 Å². The number of allylic oxidation sites excluding steroid dienone is 10. The Kier molecular flexibility index (Phi) is 22.2. The van der Waals surface area contributed by atoms with Crippen molar-refractivity contribution in [3.63, 3.8) is 0 Å². The molecule has 0 rings (SSSR count). The van der Waals surface area contributed by atoms with Gasteiger partial charge in [-0.15, -0.1) is 0 Å². The minimum atomic E-state index is -0.953. The molecule has 0 saturated carbocycles. The summed E-state index contributed by atoms with van der Waals surface area (Å²) in [6.07, 6.45) is 33.6. The fraction of sp³-hybridized carbons (Fsp3) is 0.556. The van der Waals surface area contributed by atoms with Gasteiger partial charge in [0.1, 0.15) is 6.04 Å². The molecule has 0 aliphatic heterocycles. The molecule has 0 radical (unpaired) electrons. The van der Waals surface area contributed by atoms with Gasteiger partial charge in [-0.1, -0.05) is 74.1 Å². The molecule has 0 aliphatic rings. The molecule has 0 aromatic heterocycles. The van der Waals surface area contributed by atoms with Gasteiger partial charge >= 0.3 is 5.97 Å². The third kappa shape index (κ3) is 21.2. The molecule has 0 unspecified atom stereocenters. The van der Waals surface area contributed by atoms with Crippen molar-refractivity contribution in [1.82, 2.24) is 5.32 Å². The Labute approximate surface area is 200 Å². The van der Waals surface area contributed by atoms with E-state index in [-0.39, 0.29) is 5.91 Å². The molecule has 0 heterocycles. The summed E-state index contributed by atoms with van der Waals surface area (Å²) in [6, 6.07) is -0.767. The highest BCUT2D eigenvalue weighted by atomic mass is 32.2. The van der Waals surface area contributed by atoms with Gasteiger partial charge < -0.3 is 10.4 Å². The second-order valence-electron chi connectivity index (χ2n) is 7.55. The zero-order valence-electron chi connectivity index (χ0n) is 20.0. The first-order chi connectivity index (χ1) is 15.6. The summed E-state index contributed by atoms with van der Waals surface area (Å²) in [7, 11) is 0. The van der Waals surface area contributed by atoms with Gasteiger partial charge in [-0.2, -0.15) is 11.8 Å². The molecular formula is C27H43NO3S. The van der Waals surface area contributed by atoms with Crippen LogP contribution in [0.5, 0.6) is 0 Å². The number of rotatable bonds is 20. The van der Waals surface area contributed by atoms with Crippen molar-refractivity contribution < 1.29 is 14.7 Å². The number of unbranched alkanes of at least 4 members (excludes halogenated alkanes) is 3. The van der Waals surface area contributed by atoms with Crippen LogP contribution in [0.2, 0.25) is 0 Å². The lowest BCUT2D eigenvalue weighted by Crippen LogP contribution is -2.41. The van der Waals surface area contributed by atoms with Crippen LogP contribution in [-0.2, 0) is 9.59 Å². The first-order valence-corrected chi connectivity index (χ1v) is 13.3. The van der Waals surface area contributed by atoms with Crippen LogP contribution in [0.15, 0.2) is 60.8 Å². The van der Waals surface area contributed by atoms with Gasteiger partial charge in [0.25, 0.3) is 0 Å². The number of nitrogens with one attached hydrogen (secondary N) is 1. The third-order valence-electron chi connectivity index (χ3n) is 4.68. The summed E-state index contributed by atoms with van der Waals surface area (Å²) in [5.74, 6) is -0.385. The van der Waals surface area contributed by atoms with Gasteiger partial charge in [-0.25, -0.2) is 4.79 Å². The van der Waals surface area contributed by atoms with Crippen LogP contribution in [0.1, 0.15) is 77.6 Å². The maximum Gasteiger partial charge on any atom is 0.326 e. The van der Waals surface area contributed by atoms with E-state index in [1.807, 2.05) is 6.26 Å². The van der Waals surface area contributed by atoms with E-state index in [0.717, 1.165) is 63.5 Å². The first kappa shape index (κ1) is 30.0. The summed E-state index contributed by atoms with van der Waals surface area (Å²) < 4.78 is 0. The van der Waals surface area contributed by atoms with Crippen molar-refractivity contribution in [2.45, 2.75) is 83.6 Å². The molecule has 180 valence electrons. The molecule has 0 aromatic carbocycles. The van der Waals surface area contributed by atoms with E-state index < -0.39 is 12.0 Å². The van der Waals surface area contributed by atoms with Gasteiger partial charge in [0.05, 0.1) is 0 Å². The summed E-state index contributed by atoms with van der Waals surface area (Å²) in [5.41, 5.74) is 0. The predicted octanol–water partition coefficient (Wildman–Crippen LogP) is 7.01. The molecule has 5 heteroatoms. The molecule has 0 aromatic rings. The summed E-state index contributed by atoms with van der Waals surface area (Å²) >= 11 is 1.58. The van der Waals surface area contributed by atoms with Crippen molar-refractivity contribution >= 4 is 23.6 Å². The monoisotopic (exact) mass is 461 g/mol. The average Bonchev–Trinajstić information content (AvgIpc) is 2.78. The van der Waals surface area contributed by atoms with Crippen molar-refractivity contribution in [2.24, 2.45) is 0 Å². The third-order valence-corrected chi connectivity index (χ3v) is 5.32. The molecular weight excluding hydrogens is 418 g/mol. The lowest BCUT2D eigenvalue weighted by Gasteiger charge is -2.13. The number of amides is 1. The average molecular weight is 462 g/mol. The van der Waals surface area contributed by atoms with E-state index in [9.17, 15) is 9.59 Å². The molecule has 32 heavy (non-hydrogen) atoms. The van der Waals surface area contributed by atoms with Crippen molar-refractivity contribution in [1.29, 1.82) is 0 Å². The largest absolute Gasteiger partial charge is 0.480 e. The van der Waals surface area contributed by atoms with Crippen LogP contribution < -0.4 is 5.32 Å². The van der Waals surface area contributed by atoms with E-state index in [2.05, 4.69) is 73.0 Å².